The lowest BCUT2D eigenvalue weighted by Crippen LogP contribution is -1.99. The van der Waals surface area contributed by atoms with E-state index in [1.165, 1.54) is 12.1 Å². The minimum Gasteiger partial charge on any atom is -0.478 e. The highest BCUT2D eigenvalue weighted by Gasteiger charge is 2.06. The van der Waals surface area contributed by atoms with Gasteiger partial charge in [-0.3, -0.25) is 0 Å². The molecule has 0 unspecified atom stereocenters. The molecule has 0 aromatic heterocycles. The van der Waals surface area contributed by atoms with Gasteiger partial charge < -0.3 is 9.84 Å². The van der Waals surface area contributed by atoms with Gasteiger partial charge in [-0.25, -0.2) is 4.79 Å². The summed E-state index contributed by atoms with van der Waals surface area (Å²) >= 11 is 5.86. The van der Waals surface area contributed by atoms with Gasteiger partial charge in [-0.15, -0.1) is 0 Å². The predicted molar refractivity (Wildman–Crippen MR) is 53.7 cm³/mol. The van der Waals surface area contributed by atoms with E-state index < -0.39 is 5.97 Å². The summed E-state index contributed by atoms with van der Waals surface area (Å²) in [6.07, 6.45) is 0. The van der Waals surface area contributed by atoms with Gasteiger partial charge in [0.15, 0.2) is 0 Å². The van der Waals surface area contributed by atoms with Crippen molar-refractivity contribution in [2.75, 3.05) is 6.61 Å². The third-order valence-electron chi connectivity index (χ3n) is 1.75. The van der Waals surface area contributed by atoms with E-state index >= 15 is 0 Å². The second-order valence-corrected chi connectivity index (χ2v) is 3.16. The molecule has 0 atom stereocenters. The molecule has 0 amide bonds. The normalized spacial score (nSPS) is 10.1. The molecule has 76 valence electrons. The van der Waals surface area contributed by atoms with Crippen molar-refractivity contribution in [2.24, 2.45) is 0 Å². The first-order valence-corrected chi connectivity index (χ1v) is 4.62. The number of rotatable bonds is 4. The van der Waals surface area contributed by atoms with Gasteiger partial charge in [0.05, 0.1) is 12.2 Å². The maximum absolute atomic E-state index is 10.7. The van der Waals surface area contributed by atoms with E-state index in [2.05, 4.69) is 0 Å². The van der Waals surface area contributed by atoms with Crippen molar-refractivity contribution in [3.63, 3.8) is 0 Å². The van der Waals surface area contributed by atoms with E-state index in [0.717, 1.165) is 0 Å². The summed E-state index contributed by atoms with van der Waals surface area (Å²) in [5.41, 5.74) is 0.928. The van der Waals surface area contributed by atoms with Crippen LogP contribution in [0.3, 0.4) is 0 Å². The number of halogens is 1. The van der Waals surface area contributed by atoms with Crippen molar-refractivity contribution in [3.8, 4) is 0 Å². The highest BCUT2D eigenvalue weighted by Crippen LogP contribution is 2.18. The lowest BCUT2D eigenvalue weighted by atomic mass is 10.1. The van der Waals surface area contributed by atoms with Crippen molar-refractivity contribution in [3.05, 3.63) is 34.3 Å². The molecule has 3 nitrogen and oxygen atoms in total. The van der Waals surface area contributed by atoms with Crippen LogP contribution in [0.25, 0.3) is 0 Å². The zero-order valence-electron chi connectivity index (χ0n) is 7.79. The standard InChI is InChI=1S/C10H11ClO3/c1-2-14-6-8-5-7(10(12)13)3-4-9(8)11/h3-5H,2,6H2,1H3,(H,12,13). The third-order valence-corrected chi connectivity index (χ3v) is 2.12. The SMILES string of the molecule is CCOCc1cc(C(=O)O)ccc1Cl. The Kier molecular flexibility index (Phi) is 3.92. The number of hydrogen-bond donors (Lipinski definition) is 1. The molecule has 1 N–H and O–H groups in total. The van der Waals surface area contributed by atoms with Gasteiger partial charge >= 0.3 is 5.97 Å². The molecule has 1 rings (SSSR count). The Morgan fingerprint density at radius 2 is 2.29 bits per heavy atom. The highest BCUT2D eigenvalue weighted by molar-refractivity contribution is 6.31. The fourth-order valence-corrected chi connectivity index (χ4v) is 1.20. The molecule has 1 aromatic carbocycles. The minimum absolute atomic E-state index is 0.226. The second kappa shape index (κ2) is 4.98. The predicted octanol–water partition coefficient (Wildman–Crippen LogP) is 2.57. The third kappa shape index (κ3) is 2.72. The first kappa shape index (κ1) is 11.0. The van der Waals surface area contributed by atoms with Gasteiger partial charge in [-0.1, -0.05) is 11.6 Å². The first-order valence-electron chi connectivity index (χ1n) is 4.24. The Bertz CT molecular complexity index is 336. The molecule has 0 aliphatic heterocycles. The molecule has 1 aromatic rings. The van der Waals surface area contributed by atoms with Crippen LogP contribution in [0.5, 0.6) is 0 Å². The summed E-state index contributed by atoms with van der Waals surface area (Å²) in [5, 5.41) is 9.27. The van der Waals surface area contributed by atoms with Crippen LogP contribution in [-0.4, -0.2) is 17.7 Å². The smallest absolute Gasteiger partial charge is 0.335 e. The maximum Gasteiger partial charge on any atom is 0.335 e. The summed E-state index contributed by atoms with van der Waals surface area (Å²) in [4.78, 5) is 10.7. The molecule has 0 spiro atoms. The zero-order chi connectivity index (χ0) is 10.6. The number of hydrogen-bond acceptors (Lipinski definition) is 2. The van der Waals surface area contributed by atoms with Crippen molar-refractivity contribution < 1.29 is 14.6 Å². The van der Waals surface area contributed by atoms with E-state index in [-0.39, 0.29) is 5.56 Å². The zero-order valence-corrected chi connectivity index (χ0v) is 8.54. The molecule has 0 aliphatic carbocycles. The summed E-state index contributed by atoms with van der Waals surface area (Å²) < 4.78 is 5.16. The number of carboxylic acid groups (broad SMARTS) is 1. The summed E-state index contributed by atoms with van der Waals surface area (Å²) in [7, 11) is 0. The van der Waals surface area contributed by atoms with Crippen molar-refractivity contribution in [1.82, 2.24) is 0 Å². The molecule has 0 radical (unpaired) electrons. The number of ether oxygens (including phenoxy) is 1. The first-order chi connectivity index (χ1) is 6.65. The number of carbonyl (C=O) groups is 1. The molecule has 0 saturated carbocycles. The molecule has 14 heavy (non-hydrogen) atoms. The highest BCUT2D eigenvalue weighted by atomic mass is 35.5. The lowest BCUT2D eigenvalue weighted by Gasteiger charge is -2.05. The second-order valence-electron chi connectivity index (χ2n) is 2.75. The average Bonchev–Trinajstić information content (AvgIpc) is 2.16. The van der Waals surface area contributed by atoms with E-state index in [1.54, 1.807) is 6.07 Å². The Morgan fingerprint density at radius 3 is 2.86 bits per heavy atom. The molecule has 4 heteroatoms. The number of aromatic carboxylic acids is 1. The van der Waals surface area contributed by atoms with E-state index in [9.17, 15) is 4.79 Å². The Labute approximate surface area is 87.3 Å². The van der Waals surface area contributed by atoms with E-state index in [1.807, 2.05) is 6.92 Å². The molecule has 0 bridgehead atoms. The van der Waals surface area contributed by atoms with Crippen molar-refractivity contribution >= 4 is 17.6 Å². The van der Waals surface area contributed by atoms with Crippen LogP contribution in [0.2, 0.25) is 5.02 Å². The fraction of sp³-hybridized carbons (Fsp3) is 0.300. The topological polar surface area (TPSA) is 46.5 Å². The summed E-state index contributed by atoms with van der Waals surface area (Å²) in [6, 6.07) is 4.57. The number of carboxylic acids is 1. The Morgan fingerprint density at radius 1 is 1.57 bits per heavy atom. The largest absolute Gasteiger partial charge is 0.478 e. The van der Waals surface area contributed by atoms with Gasteiger partial charge in [-0.2, -0.15) is 0 Å². The molecular formula is C10H11ClO3. The van der Waals surface area contributed by atoms with Crippen LogP contribution in [-0.2, 0) is 11.3 Å². The Hall–Kier alpha value is -1.06. The van der Waals surface area contributed by atoms with E-state index in [4.69, 9.17) is 21.4 Å². The van der Waals surface area contributed by atoms with Crippen LogP contribution in [0.4, 0.5) is 0 Å². The van der Waals surface area contributed by atoms with Crippen molar-refractivity contribution in [2.45, 2.75) is 13.5 Å². The quantitative estimate of drug-likeness (QED) is 0.838. The van der Waals surface area contributed by atoms with Crippen LogP contribution < -0.4 is 0 Å². The van der Waals surface area contributed by atoms with Crippen molar-refractivity contribution in [1.29, 1.82) is 0 Å². The molecule has 0 fully saturated rings. The average molecular weight is 215 g/mol. The molecule has 0 heterocycles. The monoisotopic (exact) mass is 214 g/mol. The fourth-order valence-electron chi connectivity index (χ4n) is 1.03. The maximum atomic E-state index is 10.7. The Balaban J connectivity index is 2.90. The number of benzene rings is 1. The van der Waals surface area contributed by atoms with Gasteiger partial charge in [0.2, 0.25) is 0 Å². The molecule has 0 aliphatic rings. The van der Waals surface area contributed by atoms with Gasteiger partial charge in [0.1, 0.15) is 0 Å². The van der Waals surface area contributed by atoms with Gasteiger partial charge in [0.25, 0.3) is 0 Å². The summed E-state index contributed by atoms with van der Waals surface area (Å²) in [6.45, 7) is 2.79. The van der Waals surface area contributed by atoms with Crippen LogP contribution in [0, 0.1) is 0 Å². The molecule has 0 saturated heterocycles. The van der Waals surface area contributed by atoms with Crippen LogP contribution in [0.1, 0.15) is 22.8 Å². The van der Waals surface area contributed by atoms with Crippen LogP contribution >= 0.6 is 11.6 Å². The minimum atomic E-state index is -0.959. The molecular weight excluding hydrogens is 204 g/mol. The lowest BCUT2D eigenvalue weighted by molar-refractivity contribution is 0.0696. The summed E-state index contributed by atoms with van der Waals surface area (Å²) in [5.74, 6) is -0.959. The van der Waals surface area contributed by atoms with Crippen LogP contribution in [0.15, 0.2) is 18.2 Å². The van der Waals surface area contributed by atoms with Gasteiger partial charge in [-0.05, 0) is 30.7 Å². The van der Waals surface area contributed by atoms with E-state index in [0.29, 0.717) is 23.8 Å². The van der Waals surface area contributed by atoms with Gasteiger partial charge in [0, 0.05) is 11.6 Å².